The van der Waals surface area contributed by atoms with Crippen LogP contribution in [0, 0.1) is 13.8 Å². The Hall–Kier alpha value is -3.88. The molecule has 1 aromatic carbocycles. The average Bonchev–Trinajstić information content (AvgIpc) is 3.42. The molecule has 31 heavy (non-hydrogen) atoms. The first-order valence-corrected chi connectivity index (χ1v) is 10.3. The molecule has 0 atom stereocenters. The van der Waals surface area contributed by atoms with E-state index in [-0.39, 0.29) is 5.91 Å². The third kappa shape index (κ3) is 3.81. The zero-order chi connectivity index (χ0) is 21.4. The summed E-state index contributed by atoms with van der Waals surface area (Å²) in [5.74, 6) is 2.10. The topological polar surface area (TPSA) is 94.5 Å². The third-order valence-corrected chi connectivity index (χ3v) is 5.45. The molecule has 1 aliphatic heterocycles. The first-order chi connectivity index (χ1) is 15.1. The number of fused-ring (bicyclic) bond motifs is 1. The number of carbonyl (C=O) groups excluding carboxylic acids is 1. The molecular weight excluding hydrogens is 392 g/mol. The van der Waals surface area contributed by atoms with E-state index in [1.54, 1.807) is 0 Å². The standard InChI is InChI=1S/C22H24N8O/c1-15-5-3-6-17(13-15)21(31)28-9-11-29(12-10-28)22-24-20(18-7-4-8-30(18)27-22)23-19-14-16(2)25-26-19/h3-8,13-14H,9-12H2,1-2H3,(H2,23,24,25,26,27). The molecule has 5 rings (SSSR count). The number of anilines is 3. The summed E-state index contributed by atoms with van der Waals surface area (Å²) in [5.41, 5.74) is 3.67. The summed E-state index contributed by atoms with van der Waals surface area (Å²) >= 11 is 0. The lowest BCUT2D eigenvalue weighted by Gasteiger charge is -2.34. The fraction of sp³-hybridized carbons (Fsp3) is 0.273. The van der Waals surface area contributed by atoms with Crippen molar-refractivity contribution in [3.05, 3.63) is 65.5 Å². The maximum absolute atomic E-state index is 12.8. The van der Waals surface area contributed by atoms with Crippen molar-refractivity contribution in [2.24, 2.45) is 0 Å². The minimum atomic E-state index is 0.0707. The molecule has 9 heteroatoms. The van der Waals surface area contributed by atoms with Crippen molar-refractivity contribution in [1.29, 1.82) is 0 Å². The minimum Gasteiger partial charge on any atom is -0.336 e. The molecule has 3 aromatic heterocycles. The van der Waals surface area contributed by atoms with Gasteiger partial charge in [-0.1, -0.05) is 17.7 Å². The van der Waals surface area contributed by atoms with Crippen LogP contribution in [0.4, 0.5) is 17.6 Å². The second kappa shape index (κ2) is 7.75. The number of amides is 1. The number of hydrogen-bond acceptors (Lipinski definition) is 6. The summed E-state index contributed by atoms with van der Waals surface area (Å²) in [6.07, 6.45) is 1.90. The van der Waals surface area contributed by atoms with E-state index in [0.717, 1.165) is 22.3 Å². The molecule has 4 aromatic rings. The van der Waals surface area contributed by atoms with Crippen molar-refractivity contribution in [1.82, 2.24) is 29.7 Å². The number of aryl methyl sites for hydroxylation is 2. The Balaban J connectivity index is 1.34. The van der Waals surface area contributed by atoms with E-state index in [2.05, 4.69) is 25.5 Å². The second-order valence-electron chi connectivity index (χ2n) is 7.81. The summed E-state index contributed by atoms with van der Waals surface area (Å²) < 4.78 is 1.81. The molecule has 0 unspecified atom stereocenters. The van der Waals surface area contributed by atoms with E-state index in [4.69, 9.17) is 4.98 Å². The van der Waals surface area contributed by atoms with Crippen LogP contribution in [0.15, 0.2) is 48.7 Å². The largest absolute Gasteiger partial charge is 0.336 e. The summed E-state index contributed by atoms with van der Waals surface area (Å²) in [5, 5.41) is 15.1. The fourth-order valence-corrected chi connectivity index (χ4v) is 3.82. The first-order valence-electron chi connectivity index (χ1n) is 10.3. The van der Waals surface area contributed by atoms with Gasteiger partial charge >= 0.3 is 0 Å². The average molecular weight is 416 g/mol. The molecule has 4 heterocycles. The molecule has 1 aliphatic rings. The van der Waals surface area contributed by atoms with Crippen molar-refractivity contribution in [3.8, 4) is 0 Å². The Bertz CT molecular complexity index is 1240. The van der Waals surface area contributed by atoms with Crippen LogP contribution < -0.4 is 10.2 Å². The summed E-state index contributed by atoms with van der Waals surface area (Å²) in [4.78, 5) is 21.6. The Kier molecular flexibility index (Phi) is 4.78. The molecule has 0 bridgehead atoms. The highest BCUT2D eigenvalue weighted by Crippen LogP contribution is 2.23. The number of aromatic nitrogens is 5. The molecule has 0 spiro atoms. The van der Waals surface area contributed by atoms with Crippen LogP contribution in [-0.4, -0.2) is 61.8 Å². The Labute approximate surface area is 179 Å². The highest BCUT2D eigenvalue weighted by atomic mass is 16.2. The number of H-pyrrole nitrogens is 1. The lowest BCUT2D eigenvalue weighted by Crippen LogP contribution is -2.49. The van der Waals surface area contributed by atoms with Crippen LogP contribution in [0.25, 0.3) is 5.52 Å². The van der Waals surface area contributed by atoms with Crippen molar-refractivity contribution in [2.75, 3.05) is 36.4 Å². The van der Waals surface area contributed by atoms with Crippen molar-refractivity contribution in [3.63, 3.8) is 0 Å². The number of benzene rings is 1. The van der Waals surface area contributed by atoms with Gasteiger partial charge in [-0.05, 0) is 38.1 Å². The van der Waals surface area contributed by atoms with Crippen molar-refractivity contribution >= 4 is 29.0 Å². The van der Waals surface area contributed by atoms with Crippen molar-refractivity contribution < 1.29 is 4.79 Å². The Morgan fingerprint density at radius 2 is 1.90 bits per heavy atom. The predicted octanol–water partition coefficient (Wildman–Crippen LogP) is 2.78. The number of nitrogens with one attached hydrogen (secondary N) is 2. The van der Waals surface area contributed by atoms with Crippen LogP contribution in [0.5, 0.6) is 0 Å². The van der Waals surface area contributed by atoms with Gasteiger partial charge in [0.25, 0.3) is 5.91 Å². The molecule has 2 N–H and O–H groups in total. The SMILES string of the molecule is Cc1cccc(C(=O)N2CCN(c3nc(Nc4cc(C)[nH]n4)c4cccn4n3)CC2)c1. The highest BCUT2D eigenvalue weighted by Gasteiger charge is 2.24. The smallest absolute Gasteiger partial charge is 0.253 e. The zero-order valence-electron chi connectivity index (χ0n) is 17.5. The monoisotopic (exact) mass is 416 g/mol. The molecule has 9 nitrogen and oxygen atoms in total. The van der Waals surface area contributed by atoms with Gasteiger partial charge in [0.1, 0.15) is 5.52 Å². The summed E-state index contributed by atoms with van der Waals surface area (Å²) in [6, 6.07) is 13.6. The number of nitrogens with zero attached hydrogens (tertiary/aromatic N) is 6. The quantitative estimate of drug-likeness (QED) is 0.531. The number of carbonyl (C=O) groups is 1. The maximum Gasteiger partial charge on any atom is 0.253 e. The van der Waals surface area contributed by atoms with E-state index in [9.17, 15) is 4.79 Å². The molecule has 0 aliphatic carbocycles. The highest BCUT2D eigenvalue weighted by molar-refractivity contribution is 5.94. The fourth-order valence-electron chi connectivity index (χ4n) is 3.82. The van der Waals surface area contributed by atoms with E-state index < -0.39 is 0 Å². The van der Waals surface area contributed by atoms with E-state index in [1.165, 1.54) is 0 Å². The molecule has 158 valence electrons. The van der Waals surface area contributed by atoms with Gasteiger partial charge in [0.05, 0.1) is 0 Å². The molecule has 1 saturated heterocycles. The van der Waals surface area contributed by atoms with Gasteiger partial charge in [-0.25, -0.2) is 4.52 Å². The first kappa shape index (κ1) is 19.1. The van der Waals surface area contributed by atoms with Crippen LogP contribution >= 0.6 is 0 Å². The summed E-state index contributed by atoms with van der Waals surface area (Å²) in [6.45, 7) is 6.55. The van der Waals surface area contributed by atoms with Gasteiger partial charge in [-0.3, -0.25) is 9.89 Å². The van der Waals surface area contributed by atoms with Gasteiger partial charge in [-0.15, -0.1) is 5.10 Å². The van der Waals surface area contributed by atoms with Crippen LogP contribution in [-0.2, 0) is 0 Å². The number of piperazine rings is 1. The van der Waals surface area contributed by atoms with Crippen LogP contribution in [0.2, 0.25) is 0 Å². The van der Waals surface area contributed by atoms with Gasteiger partial charge < -0.3 is 15.1 Å². The molecule has 1 amide bonds. The normalized spacial score (nSPS) is 14.3. The molecular formula is C22H24N8O. The van der Waals surface area contributed by atoms with Crippen LogP contribution in [0.1, 0.15) is 21.6 Å². The van der Waals surface area contributed by atoms with E-state index in [1.807, 2.05) is 71.9 Å². The Morgan fingerprint density at radius 1 is 1.06 bits per heavy atom. The lowest BCUT2D eigenvalue weighted by molar-refractivity contribution is 0.0746. The van der Waals surface area contributed by atoms with E-state index in [0.29, 0.717) is 43.8 Å². The van der Waals surface area contributed by atoms with Gasteiger partial charge in [-0.2, -0.15) is 10.1 Å². The Morgan fingerprint density at radius 3 is 2.65 bits per heavy atom. The van der Waals surface area contributed by atoms with Crippen molar-refractivity contribution in [2.45, 2.75) is 13.8 Å². The maximum atomic E-state index is 12.8. The minimum absolute atomic E-state index is 0.0707. The van der Waals surface area contributed by atoms with Gasteiger partial charge in [0.2, 0.25) is 5.95 Å². The van der Waals surface area contributed by atoms with Gasteiger partial charge in [0.15, 0.2) is 11.6 Å². The number of hydrogen-bond donors (Lipinski definition) is 2. The summed E-state index contributed by atoms with van der Waals surface area (Å²) in [7, 11) is 0. The van der Waals surface area contributed by atoms with Gasteiger partial charge in [0, 0.05) is 49.7 Å². The third-order valence-electron chi connectivity index (χ3n) is 5.45. The zero-order valence-corrected chi connectivity index (χ0v) is 17.5. The predicted molar refractivity (Wildman–Crippen MR) is 119 cm³/mol. The van der Waals surface area contributed by atoms with Crippen LogP contribution in [0.3, 0.4) is 0 Å². The van der Waals surface area contributed by atoms with E-state index >= 15 is 0 Å². The number of rotatable bonds is 4. The second-order valence-corrected chi connectivity index (χ2v) is 7.81. The lowest BCUT2D eigenvalue weighted by atomic mass is 10.1. The molecule has 0 radical (unpaired) electrons. The molecule has 1 fully saturated rings. The molecule has 0 saturated carbocycles. The number of aromatic amines is 1.